The van der Waals surface area contributed by atoms with Crippen molar-refractivity contribution in [1.82, 2.24) is 0 Å². The highest BCUT2D eigenvalue weighted by Crippen LogP contribution is 2.34. The summed E-state index contributed by atoms with van der Waals surface area (Å²) < 4.78 is 5.08. The lowest BCUT2D eigenvalue weighted by molar-refractivity contribution is 0.195. The van der Waals surface area contributed by atoms with Gasteiger partial charge in [-0.25, -0.2) is 0 Å². The number of benzene rings is 1. The largest absolute Gasteiger partial charge is 0.505 e. The van der Waals surface area contributed by atoms with Gasteiger partial charge in [0.25, 0.3) is 10.9 Å². The van der Waals surface area contributed by atoms with E-state index in [1.54, 1.807) is 19.1 Å². The second-order valence-electron chi connectivity index (χ2n) is 4.34. The van der Waals surface area contributed by atoms with Crippen LogP contribution in [0.4, 0.5) is 11.4 Å². The van der Waals surface area contributed by atoms with Crippen molar-refractivity contribution in [3.8, 4) is 11.5 Å². The number of phenolic OH excluding ortho intramolecular Hbond substituents is 1. The van der Waals surface area contributed by atoms with Crippen LogP contribution in [0.25, 0.3) is 0 Å². The smallest absolute Gasteiger partial charge is 0.272 e. The Hall–Kier alpha value is -2.34. The molecule has 0 fully saturated rings. The van der Waals surface area contributed by atoms with E-state index in [1.165, 1.54) is 13.0 Å². The maximum absolute atomic E-state index is 11.5. The summed E-state index contributed by atoms with van der Waals surface area (Å²) >= 11 is 0. The van der Waals surface area contributed by atoms with Crippen molar-refractivity contribution < 1.29 is 14.9 Å². The third-order valence-corrected chi connectivity index (χ3v) is 2.93. The van der Waals surface area contributed by atoms with Crippen LogP contribution < -0.4 is 20.9 Å². The van der Waals surface area contributed by atoms with Crippen molar-refractivity contribution in [3.05, 3.63) is 44.2 Å². The molecule has 0 aliphatic carbocycles. The normalized spacial score (nSPS) is 12.3. The van der Waals surface area contributed by atoms with Gasteiger partial charge in [0, 0.05) is 5.56 Å². The van der Waals surface area contributed by atoms with E-state index in [0.717, 1.165) is 0 Å². The summed E-state index contributed by atoms with van der Waals surface area (Å²) in [7, 11) is 0. The fraction of sp³-hybridized carbons (Fsp3) is 0.286. The first-order chi connectivity index (χ1) is 9.47. The molecule has 0 saturated heterocycles. The number of aromatic hydroxyl groups is 1. The van der Waals surface area contributed by atoms with Gasteiger partial charge in [0.05, 0.1) is 18.4 Å². The molecule has 0 aromatic heterocycles. The molecule has 106 valence electrons. The highest BCUT2D eigenvalue weighted by Gasteiger charge is 2.23. The lowest BCUT2D eigenvalue weighted by atomic mass is 10.1. The number of ether oxygens (including phenoxy) is 1. The summed E-state index contributed by atoms with van der Waals surface area (Å²) in [4.78, 5) is 22.8. The van der Waals surface area contributed by atoms with Crippen LogP contribution in [-0.2, 0) is 0 Å². The Bertz CT molecular complexity index is 698. The minimum absolute atomic E-state index is 0.0230. The number of aliphatic hydroxyl groups is 1. The monoisotopic (exact) mass is 277 g/mol. The molecule has 0 saturated carbocycles. The standard InChI is InChI=1S/C14H15NO5/c1-3-20-14-10(12(18)13(14)19)15-9-6-4-5-8(7(2)16)11(9)17/h4-7,15-17H,3H2,1-2H3. The molecule has 0 aliphatic rings. The lowest BCUT2D eigenvalue weighted by Gasteiger charge is -2.16. The zero-order valence-electron chi connectivity index (χ0n) is 11.1. The van der Waals surface area contributed by atoms with Crippen LogP contribution in [0, 0.1) is 0 Å². The molecule has 0 amide bonds. The third kappa shape index (κ3) is 2.25. The summed E-state index contributed by atoms with van der Waals surface area (Å²) in [6.07, 6.45) is -0.851. The van der Waals surface area contributed by atoms with Gasteiger partial charge in [0.2, 0.25) is 0 Å². The van der Waals surface area contributed by atoms with Crippen LogP contribution in [-0.4, -0.2) is 16.8 Å². The van der Waals surface area contributed by atoms with E-state index in [1.807, 2.05) is 0 Å². The fourth-order valence-electron chi connectivity index (χ4n) is 1.90. The van der Waals surface area contributed by atoms with Crippen molar-refractivity contribution in [2.75, 3.05) is 11.9 Å². The molecule has 6 nitrogen and oxygen atoms in total. The van der Waals surface area contributed by atoms with Crippen LogP contribution in [0.2, 0.25) is 0 Å². The average molecular weight is 277 g/mol. The number of nitrogens with one attached hydrogen (secondary N) is 1. The van der Waals surface area contributed by atoms with E-state index < -0.39 is 17.0 Å². The van der Waals surface area contributed by atoms with E-state index in [0.29, 0.717) is 5.56 Å². The van der Waals surface area contributed by atoms with Gasteiger partial charge in [-0.3, -0.25) is 9.59 Å². The van der Waals surface area contributed by atoms with E-state index in [-0.39, 0.29) is 29.5 Å². The molecule has 3 N–H and O–H groups in total. The Morgan fingerprint density at radius 3 is 2.60 bits per heavy atom. The quantitative estimate of drug-likeness (QED) is 0.561. The summed E-state index contributed by atoms with van der Waals surface area (Å²) in [5, 5.41) is 22.2. The van der Waals surface area contributed by atoms with Crippen molar-refractivity contribution >= 4 is 11.4 Å². The number of rotatable bonds is 5. The van der Waals surface area contributed by atoms with Crippen LogP contribution >= 0.6 is 0 Å². The Morgan fingerprint density at radius 1 is 1.30 bits per heavy atom. The highest BCUT2D eigenvalue weighted by molar-refractivity contribution is 5.74. The zero-order valence-corrected chi connectivity index (χ0v) is 11.1. The molecule has 20 heavy (non-hydrogen) atoms. The van der Waals surface area contributed by atoms with Gasteiger partial charge in [0.15, 0.2) is 5.75 Å². The Labute approximate surface area is 115 Å². The summed E-state index contributed by atoms with van der Waals surface area (Å²) in [6, 6.07) is 4.72. The van der Waals surface area contributed by atoms with E-state index in [9.17, 15) is 19.8 Å². The number of phenols is 1. The SMILES string of the molecule is CCOc1c(Nc2cccc(C(C)O)c2O)c(=O)c1=O. The van der Waals surface area contributed by atoms with Crippen LogP contribution in [0.1, 0.15) is 25.5 Å². The highest BCUT2D eigenvalue weighted by atomic mass is 16.5. The van der Waals surface area contributed by atoms with E-state index in [4.69, 9.17) is 4.74 Å². The van der Waals surface area contributed by atoms with Gasteiger partial charge >= 0.3 is 0 Å². The topological polar surface area (TPSA) is 95.9 Å². The molecule has 6 heteroatoms. The van der Waals surface area contributed by atoms with Gasteiger partial charge in [-0.05, 0) is 19.9 Å². The minimum atomic E-state index is -0.851. The molecule has 0 bridgehead atoms. The Morgan fingerprint density at radius 2 is 2.00 bits per heavy atom. The Kier molecular flexibility index (Phi) is 3.76. The number of aliphatic hydroxyl groups excluding tert-OH is 1. The van der Waals surface area contributed by atoms with Crippen molar-refractivity contribution in [3.63, 3.8) is 0 Å². The van der Waals surface area contributed by atoms with Crippen LogP contribution in [0.15, 0.2) is 27.8 Å². The van der Waals surface area contributed by atoms with Gasteiger partial charge in [-0.2, -0.15) is 0 Å². The van der Waals surface area contributed by atoms with Gasteiger partial charge in [-0.15, -0.1) is 0 Å². The van der Waals surface area contributed by atoms with Crippen molar-refractivity contribution in [1.29, 1.82) is 0 Å². The first kappa shape index (κ1) is 14.1. The molecule has 2 aromatic rings. The molecule has 0 radical (unpaired) electrons. The zero-order chi connectivity index (χ0) is 14.9. The molecule has 1 unspecified atom stereocenters. The number of para-hydroxylation sites is 1. The summed E-state index contributed by atoms with van der Waals surface area (Å²) in [5.41, 5.74) is -0.783. The predicted octanol–water partition coefficient (Wildman–Crippen LogP) is 1.18. The number of hydrogen-bond acceptors (Lipinski definition) is 6. The molecular weight excluding hydrogens is 262 g/mol. The number of hydrogen-bond donors (Lipinski definition) is 3. The summed E-state index contributed by atoms with van der Waals surface area (Å²) in [5.74, 6) is -0.197. The van der Waals surface area contributed by atoms with Crippen LogP contribution in [0.5, 0.6) is 11.5 Å². The molecule has 1 atom stereocenters. The van der Waals surface area contributed by atoms with E-state index >= 15 is 0 Å². The van der Waals surface area contributed by atoms with E-state index in [2.05, 4.69) is 5.32 Å². The predicted molar refractivity (Wildman–Crippen MR) is 74.5 cm³/mol. The van der Waals surface area contributed by atoms with Gasteiger partial charge in [-0.1, -0.05) is 12.1 Å². The minimum Gasteiger partial charge on any atom is -0.505 e. The van der Waals surface area contributed by atoms with Crippen molar-refractivity contribution in [2.45, 2.75) is 20.0 Å². The molecular formula is C14H15NO5. The second-order valence-corrected chi connectivity index (χ2v) is 4.34. The van der Waals surface area contributed by atoms with Gasteiger partial charge in [0.1, 0.15) is 11.4 Å². The average Bonchev–Trinajstić information content (AvgIpc) is 2.43. The molecule has 0 aliphatic heterocycles. The second kappa shape index (κ2) is 5.34. The maximum atomic E-state index is 11.5. The van der Waals surface area contributed by atoms with Gasteiger partial charge < -0.3 is 20.3 Å². The first-order valence-corrected chi connectivity index (χ1v) is 6.20. The lowest BCUT2D eigenvalue weighted by Crippen LogP contribution is -2.35. The molecule has 2 rings (SSSR count). The molecule has 0 heterocycles. The summed E-state index contributed by atoms with van der Waals surface area (Å²) in [6.45, 7) is 3.48. The number of anilines is 2. The molecule has 0 spiro atoms. The fourth-order valence-corrected chi connectivity index (χ4v) is 1.90. The third-order valence-electron chi connectivity index (χ3n) is 2.93. The molecule has 2 aromatic carbocycles. The first-order valence-electron chi connectivity index (χ1n) is 6.20. The van der Waals surface area contributed by atoms with Crippen LogP contribution in [0.3, 0.4) is 0 Å². The maximum Gasteiger partial charge on any atom is 0.272 e. The van der Waals surface area contributed by atoms with Crippen molar-refractivity contribution in [2.24, 2.45) is 0 Å². The Balaban J connectivity index is 2.37.